The van der Waals surface area contributed by atoms with Crippen LogP contribution in [0.2, 0.25) is 0 Å². The van der Waals surface area contributed by atoms with Gasteiger partial charge in [0.2, 0.25) is 5.91 Å². The number of nitrogens with one attached hydrogen (secondary N) is 1. The van der Waals surface area contributed by atoms with E-state index in [-0.39, 0.29) is 11.4 Å². The second-order valence-corrected chi connectivity index (χ2v) is 7.99. The number of thioether (sulfide) groups is 1. The Morgan fingerprint density at radius 1 is 1.20 bits per heavy atom. The Hall–Kier alpha value is -2.78. The number of carbonyl (C=O) groups is 3. The fraction of sp³-hybridized carbons (Fsp3) is 0.190. The first-order valence-corrected chi connectivity index (χ1v) is 10.6. The molecule has 3 amide bonds. The van der Waals surface area contributed by atoms with Crippen LogP contribution in [0.1, 0.15) is 12.5 Å². The lowest BCUT2D eigenvalue weighted by Crippen LogP contribution is -2.36. The maximum atomic E-state index is 12.7. The molecule has 0 spiro atoms. The van der Waals surface area contributed by atoms with Gasteiger partial charge in [0, 0.05) is 4.47 Å². The van der Waals surface area contributed by atoms with Gasteiger partial charge in [-0.25, -0.2) is 0 Å². The number of para-hydroxylation sites is 1. The van der Waals surface area contributed by atoms with Crippen LogP contribution in [0.25, 0.3) is 6.08 Å². The third kappa shape index (κ3) is 5.03. The van der Waals surface area contributed by atoms with E-state index >= 15 is 0 Å². The molecular weight excluding hydrogens is 472 g/mol. The Balaban J connectivity index is 1.73. The third-order valence-corrected chi connectivity index (χ3v) is 5.71. The van der Waals surface area contributed by atoms with Crippen molar-refractivity contribution in [3.8, 4) is 11.5 Å². The predicted molar refractivity (Wildman–Crippen MR) is 120 cm³/mol. The molecule has 0 aromatic heterocycles. The van der Waals surface area contributed by atoms with Gasteiger partial charge in [0.25, 0.3) is 11.1 Å². The maximum absolute atomic E-state index is 12.7. The van der Waals surface area contributed by atoms with Gasteiger partial charge < -0.3 is 14.8 Å². The number of benzene rings is 2. The van der Waals surface area contributed by atoms with E-state index in [0.717, 1.165) is 16.7 Å². The van der Waals surface area contributed by atoms with Crippen molar-refractivity contribution in [1.29, 1.82) is 0 Å². The number of hydrogen-bond acceptors (Lipinski definition) is 6. The molecule has 1 saturated heterocycles. The molecule has 7 nitrogen and oxygen atoms in total. The van der Waals surface area contributed by atoms with Crippen LogP contribution in [-0.4, -0.2) is 42.2 Å². The number of rotatable bonds is 7. The van der Waals surface area contributed by atoms with E-state index in [1.165, 1.54) is 0 Å². The predicted octanol–water partition coefficient (Wildman–Crippen LogP) is 4.53. The molecule has 3 rings (SSSR count). The molecular formula is C21H19BrN2O5S. The molecule has 0 atom stereocenters. The highest BCUT2D eigenvalue weighted by Gasteiger charge is 2.36. The zero-order chi connectivity index (χ0) is 21.7. The van der Waals surface area contributed by atoms with Gasteiger partial charge in [0.1, 0.15) is 6.54 Å². The van der Waals surface area contributed by atoms with Crippen LogP contribution in [0.3, 0.4) is 0 Å². The van der Waals surface area contributed by atoms with Gasteiger partial charge in [0.05, 0.1) is 24.3 Å². The van der Waals surface area contributed by atoms with Gasteiger partial charge in [-0.3, -0.25) is 19.3 Å². The maximum Gasteiger partial charge on any atom is 0.294 e. The molecule has 0 saturated carbocycles. The van der Waals surface area contributed by atoms with Crippen LogP contribution in [0.4, 0.5) is 10.5 Å². The Kier molecular flexibility index (Phi) is 7.17. The van der Waals surface area contributed by atoms with Crippen molar-refractivity contribution in [3.05, 3.63) is 57.4 Å². The molecule has 9 heteroatoms. The molecule has 2 aromatic carbocycles. The molecule has 1 aliphatic heterocycles. The smallest absolute Gasteiger partial charge is 0.294 e. The Morgan fingerprint density at radius 3 is 2.67 bits per heavy atom. The average Bonchev–Trinajstić information content (AvgIpc) is 2.97. The number of methoxy groups -OCH3 is 1. The van der Waals surface area contributed by atoms with Gasteiger partial charge in [-0.1, -0.05) is 18.2 Å². The van der Waals surface area contributed by atoms with Crippen molar-refractivity contribution in [2.45, 2.75) is 6.92 Å². The number of nitrogens with zero attached hydrogens (tertiary/aromatic N) is 1. The first-order chi connectivity index (χ1) is 14.4. The number of carbonyl (C=O) groups excluding carboxylic acids is 3. The van der Waals surface area contributed by atoms with E-state index in [9.17, 15) is 14.4 Å². The fourth-order valence-electron chi connectivity index (χ4n) is 2.73. The van der Waals surface area contributed by atoms with E-state index in [1.807, 2.05) is 13.0 Å². The van der Waals surface area contributed by atoms with Gasteiger partial charge in [0.15, 0.2) is 11.5 Å². The van der Waals surface area contributed by atoms with E-state index in [2.05, 4.69) is 21.2 Å². The van der Waals surface area contributed by atoms with Crippen LogP contribution >= 0.6 is 27.7 Å². The van der Waals surface area contributed by atoms with Gasteiger partial charge in [-0.2, -0.15) is 0 Å². The van der Waals surface area contributed by atoms with Crippen LogP contribution in [0, 0.1) is 0 Å². The van der Waals surface area contributed by atoms with Crippen molar-refractivity contribution < 1.29 is 23.9 Å². The number of ether oxygens (including phenoxy) is 2. The molecule has 156 valence electrons. The van der Waals surface area contributed by atoms with Crippen LogP contribution < -0.4 is 14.8 Å². The summed E-state index contributed by atoms with van der Waals surface area (Å²) in [6, 6.07) is 12.3. The van der Waals surface area contributed by atoms with Crippen molar-refractivity contribution in [1.82, 2.24) is 4.90 Å². The van der Waals surface area contributed by atoms with Gasteiger partial charge >= 0.3 is 0 Å². The lowest BCUT2D eigenvalue weighted by atomic mass is 10.2. The zero-order valence-electron chi connectivity index (χ0n) is 16.3. The summed E-state index contributed by atoms with van der Waals surface area (Å²) in [6.45, 7) is 1.95. The SMILES string of the molecule is CCOc1cc(/C=C2/SC(=O)N(CC(=O)Nc3ccccc3Br)C2=O)ccc1OC. The number of imide groups is 1. The summed E-state index contributed by atoms with van der Waals surface area (Å²) in [5.41, 5.74) is 1.24. The molecule has 1 fully saturated rings. The second kappa shape index (κ2) is 9.82. The first-order valence-electron chi connectivity index (χ1n) is 9.03. The topological polar surface area (TPSA) is 84.9 Å². The molecule has 0 aliphatic carbocycles. The van der Waals surface area contributed by atoms with Crippen molar-refractivity contribution in [2.75, 3.05) is 25.6 Å². The molecule has 1 aliphatic rings. The molecule has 1 N–H and O–H groups in total. The van der Waals surface area contributed by atoms with E-state index in [4.69, 9.17) is 9.47 Å². The normalized spacial score (nSPS) is 14.9. The van der Waals surface area contributed by atoms with Crippen LogP contribution in [0.15, 0.2) is 51.8 Å². The highest BCUT2D eigenvalue weighted by molar-refractivity contribution is 9.10. The highest BCUT2D eigenvalue weighted by atomic mass is 79.9. The molecule has 1 heterocycles. The van der Waals surface area contributed by atoms with Gasteiger partial charge in [-0.15, -0.1) is 0 Å². The van der Waals surface area contributed by atoms with E-state index < -0.39 is 17.1 Å². The molecule has 2 aromatic rings. The summed E-state index contributed by atoms with van der Waals surface area (Å²) in [7, 11) is 1.54. The second-order valence-electron chi connectivity index (χ2n) is 6.14. The summed E-state index contributed by atoms with van der Waals surface area (Å²) in [6.07, 6.45) is 1.60. The summed E-state index contributed by atoms with van der Waals surface area (Å²) in [4.78, 5) is 38.5. The van der Waals surface area contributed by atoms with Gasteiger partial charge in [-0.05, 0) is 70.5 Å². The summed E-state index contributed by atoms with van der Waals surface area (Å²) >= 11 is 4.13. The van der Waals surface area contributed by atoms with E-state index in [0.29, 0.717) is 33.8 Å². The van der Waals surface area contributed by atoms with Crippen molar-refractivity contribution >= 4 is 56.5 Å². The quantitative estimate of drug-likeness (QED) is 0.573. The van der Waals surface area contributed by atoms with E-state index in [1.54, 1.807) is 49.6 Å². The lowest BCUT2D eigenvalue weighted by molar-refractivity contribution is -0.127. The Morgan fingerprint density at radius 2 is 1.97 bits per heavy atom. The molecule has 0 bridgehead atoms. The lowest BCUT2D eigenvalue weighted by Gasteiger charge is -2.13. The Bertz CT molecular complexity index is 1020. The molecule has 0 radical (unpaired) electrons. The number of halogens is 1. The molecule has 0 unspecified atom stereocenters. The Labute approximate surface area is 186 Å². The monoisotopic (exact) mass is 490 g/mol. The summed E-state index contributed by atoms with van der Waals surface area (Å²) in [5.74, 6) is 0.140. The standard InChI is InChI=1S/C21H19BrN2O5S/c1-3-29-17-10-13(8-9-16(17)28-2)11-18-20(26)24(21(27)30-18)12-19(25)23-15-7-5-4-6-14(15)22/h4-11H,3,12H2,1-2H3,(H,23,25)/b18-11+. The van der Waals surface area contributed by atoms with Crippen molar-refractivity contribution in [2.24, 2.45) is 0 Å². The van der Waals surface area contributed by atoms with Crippen LogP contribution in [-0.2, 0) is 9.59 Å². The largest absolute Gasteiger partial charge is 0.493 e. The minimum Gasteiger partial charge on any atom is -0.493 e. The number of amides is 3. The zero-order valence-corrected chi connectivity index (χ0v) is 18.7. The minimum atomic E-state index is -0.513. The first kappa shape index (κ1) is 21.9. The summed E-state index contributed by atoms with van der Waals surface area (Å²) in [5, 5.41) is 2.19. The fourth-order valence-corrected chi connectivity index (χ4v) is 3.96. The minimum absolute atomic E-state index is 0.237. The van der Waals surface area contributed by atoms with Crippen molar-refractivity contribution in [3.63, 3.8) is 0 Å². The number of hydrogen-bond donors (Lipinski definition) is 1. The molecule has 30 heavy (non-hydrogen) atoms. The number of anilines is 1. The highest BCUT2D eigenvalue weighted by Crippen LogP contribution is 2.34. The van der Waals surface area contributed by atoms with Crippen LogP contribution in [0.5, 0.6) is 11.5 Å². The third-order valence-electron chi connectivity index (χ3n) is 4.11. The average molecular weight is 491 g/mol. The summed E-state index contributed by atoms with van der Waals surface area (Å²) < 4.78 is 11.5.